The molecule has 0 saturated carbocycles. The quantitative estimate of drug-likeness (QED) is 0.859. The van der Waals surface area contributed by atoms with Gasteiger partial charge in [-0.2, -0.15) is 0 Å². The number of ether oxygens (including phenoxy) is 1. The molecular formula is C21H35ClN2O2. The van der Waals surface area contributed by atoms with Crippen LogP contribution in [0.15, 0.2) is 18.2 Å². The van der Waals surface area contributed by atoms with E-state index in [1.165, 1.54) is 5.56 Å². The highest BCUT2D eigenvalue weighted by molar-refractivity contribution is 5.85. The topological polar surface area (TPSA) is 55.6 Å². The Kier molecular flexibility index (Phi) is 7.55. The van der Waals surface area contributed by atoms with E-state index in [-0.39, 0.29) is 35.8 Å². The number of likely N-dealkylation sites (tertiary alicyclic amines) is 1. The smallest absolute Gasteiger partial charge is 0.260 e. The Morgan fingerprint density at radius 2 is 1.85 bits per heavy atom. The van der Waals surface area contributed by atoms with Gasteiger partial charge in [-0.3, -0.25) is 4.79 Å². The van der Waals surface area contributed by atoms with E-state index in [1.54, 1.807) is 0 Å². The van der Waals surface area contributed by atoms with Gasteiger partial charge >= 0.3 is 0 Å². The van der Waals surface area contributed by atoms with Crippen molar-refractivity contribution in [2.45, 2.75) is 58.8 Å². The average Bonchev–Trinajstić information content (AvgIpc) is 2.99. The van der Waals surface area contributed by atoms with Crippen molar-refractivity contribution in [2.75, 3.05) is 26.2 Å². The summed E-state index contributed by atoms with van der Waals surface area (Å²) in [6.45, 7) is 15.4. The Morgan fingerprint density at radius 3 is 2.35 bits per heavy atom. The predicted octanol–water partition coefficient (Wildman–Crippen LogP) is 3.89. The number of rotatable bonds is 4. The summed E-state index contributed by atoms with van der Waals surface area (Å²) in [4.78, 5) is 14.3. The second-order valence-electron chi connectivity index (χ2n) is 9.23. The Morgan fingerprint density at radius 1 is 1.19 bits per heavy atom. The molecule has 1 unspecified atom stereocenters. The first kappa shape index (κ1) is 22.8. The lowest BCUT2D eigenvalue weighted by molar-refractivity contribution is -0.132. The van der Waals surface area contributed by atoms with Gasteiger partial charge in [-0.15, -0.1) is 12.4 Å². The zero-order chi connectivity index (χ0) is 18.8. The van der Waals surface area contributed by atoms with Crippen molar-refractivity contribution in [1.82, 2.24) is 4.90 Å². The number of benzene rings is 1. The molecule has 0 aliphatic carbocycles. The zero-order valence-electron chi connectivity index (χ0n) is 17.1. The van der Waals surface area contributed by atoms with E-state index in [1.807, 2.05) is 11.0 Å². The van der Waals surface area contributed by atoms with Crippen LogP contribution < -0.4 is 10.5 Å². The van der Waals surface area contributed by atoms with Crippen LogP contribution in [0.2, 0.25) is 0 Å². The van der Waals surface area contributed by atoms with Crippen LogP contribution in [-0.4, -0.2) is 37.0 Å². The molecule has 0 bridgehead atoms. The number of hydrogen-bond donors (Lipinski definition) is 1. The highest BCUT2D eigenvalue weighted by Crippen LogP contribution is 2.35. The minimum absolute atomic E-state index is 0. The van der Waals surface area contributed by atoms with Crippen LogP contribution in [0.4, 0.5) is 0 Å². The molecule has 5 heteroatoms. The number of halogens is 1. The van der Waals surface area contributed by atoms with E-state index in [0.717, 1.165) is 30.8 Å². The molecule has 26 heavy (non-hydrogen) atoms. The normalized spacial score (nSPS) is 17.8. The molecule has 1 fully saturated rings. The van der Waals surface area contributed by atoms with Crippen LogP contribution in [0, 0.1) is 5.92 Å². The van der Waals surface area contributed by atoms with Gasteiger partial charge in [-0.1, -0.05) is 53.7 Å². The molecule has 0 spiro atoms. The number of nitrogens with two attached hydrogens (primary N) is 1. The van der Waals surface area contributed by atoms with E-state index in [4.69, 9.17) is 10.5 Å². The third-order valence-corrected chi connectivity index (χ3v) is 4.98. The molecule has 1 aliphatic rings. The van der Waals surface area contributed by atoms with Gasteiger partial charge in [0.15, 0.2) is 6.61 Å². The summed E-state index contributed by atoms with van der Waals surface area (Å²) >= 11 is 0. The Hall–Kier alpha value is -1.26. The van der Waals surface area contributed by atoms with Crippen molar-refractivity contribution >= 4 is 18.3 Å². The Labute approximate surface area is 164 Å². The maximum Gasteiger partial charge on any atom is 0.260 e. The molecule has 1 amide bonds. The molecule has 1 saturated heterocycles. The standard InChI is InChI=1S/C21H34N2O2.ClH/c1-20(2,3)16-7-8-18(17(11-16)21(4,5)6)25-14-19(24)23-10-9-15(12-22)13-23;/h7-8,11,15H,9-10,12-14,22H2,1-6H3;1H. The van der Waals surface area contributed by atoms with E-state index in [0.29, 0.717) is 12.5 Å². The van der Waals surface area contributed by atoms with Crippen LogP contribution in [0.25, 0.3) is 0 Å². The van der Waals surface area contributed by atoms with Crippen LogP contribution in [0.5, 0.6) is 5.75 Å². The second kappa shape index (κ2) is 8.62. The van der Waals surface area contributed by atoms with Crippen LogP contribution >= 0.6 is 12.4 Å². The third-order valence-electron chi connectivity index (χ3n) is 4.98. The minimum Gasteiger partial charge on any atom is -0.483 e. The fraction of sp³-hybridized carbons (Fsp3) is 0.667. The average molecular weight is 383 g/mol. The Bertz CT molecular complexity index is 617. The summed E-state index contributed by atoms with van der Waals surface area (Å²) in [6.07, 6.45) is 0.996. The molecule has 0 aromatic heterocycles. The third kappa shape index (κ3) is 5.62. The molecule has 4 nitrogen and oxygen atoms in total. The molecular weight excluding hydrogens is 348 g/mol. The molecule has 2 N–H and O–H groups in total. The summed E-state index contributed by atoms with van der Waals surface area (Å²) in [6, 6.07) is 6.34. The molecule has 148 valence electrons. The number of nitrogens with zero attached hydrogens (tertiary/aromatic N) is 1. The van der Waals surface area contributed by atoms with Gasteiger partial charge in [0.2, 0.25) is 0 Å². The first-order chi connectivity index (χ1) is 11.5. The van der Waals surface area contributed by atoms with Crippen molar-refractivity contribution in [3.63, 3.8) is 0 Å². The monoisotopic (exact) mass is 382 g/mol. The minimum atomic E-state index is -0.0437. The largest absolute Gasteiger partial charge is 0.483 e. The van der Waals surface area contributed by atoms with Gasteiger partial charge in [-0.05, 0) is 46.9 Å². The molecule has 1 aliphatic heterocycles. The maximum atomic E-state index is 12.4. The maximum absolute atomic E-state index is 12.4. The van der Waals surface area contributed by atoms with Crippen LogP contribution in [0.1, 0.15) is 59.1 Å². The summed E-state index contributed by atoms with van der Waals surface area (Å²) < 4.78 is 5.95. The summed E-state index contributed by atoms with van der Waals surface area (Å²) in [5.41, 5.74) is 8.18. The predicted molar refractivity (Wildman–Crippen MR) is 110 cm³/mol. The van der Waals surface area contributed by atoms with Crippen molar-refractivity contribution in [3.05, 3.63) is 29.3 Å². The Balaban J connectivity index is 0.00000338. The number of carbonyl (C=O) groups is 1. The molecule has 0 radical (unpaired) electrons. The van der Waals surface area contributed by atoms with E-state index >= 15 is 0 Å². The fourth-order valence-corrected chi connectivity index (χ4v) is 3.19. The van der Waals surface area contributed by atoms with Crippen molar-refractivity contribution in [2.24, 2.45) is 11.7 Å². The van der Waals surface area contributed by atoms with Crippen LogP contribution in [0.3, 0.4) is 0 Å². The van der Waals surface area contributed by atoms with Crippen molar-refractivity contribution in [1.29, 1.82) is 0 Å². The SMILES string of the molecule is CC(C)(C)c1ccc(OCC(=O)N2CCC(CN)C2)c(C(C)(C)C)c1.Cl. The zero-order valence-corrected chi connectivity index (χ0v) is 17.9. The van der Waals surface area contributed by atoms with Crippen molar-refractivity contribution in [3.8, 4) is 5.75 Å². The first-order valence-electron chi connectivity index (χ1n) is 9.28. The van der Waals surface area contributed by atoms with Gasteiger partial charge in [-0.25, -0.2) is 0 Å². The van der Waals surface area contributed by atoms with Gasteiger partial charge in [0, 0.05) is 13.1 Å². The van der Waals surface area contributed by atoms with Gasteiger partial charge in [0.05, 0.1) is 0 Å². The first-order valence-corrected chi connectivity index (χ1v) is 9.28. The van der Waals surface area contributed by atoms with Gasteiger partial charge in [0.25, 0.3) is 5.91 Å². The highest BCUT2D eigenvalue weighted by atomic mass is 35.5. The number of hydrogen-bond acceptors (Lipinski definition) is 3. The molecule has 2 rings (SSSR count). The number of carbonyl (C=O) groups excluding carboxylic acids is 1. The second-order valence-corrected chi connectivity index (χ2v) is 9.23. The van der Waals surface area contributed by atoms with E-state index < -0.39 is 0 Å². The molecule has 1 aromatic rings. The van der Waals surface area contributed by atoms with Crippen molar-refractivity contribution < 1.29 is 9.53 Å². The van der Waals surface area contributed by atoms with Crippen LogP contribution in [-0.2, 0) is 15.6 Å². The van der Waals surface area contributed by atoms with E-state index in [9.17, 15) is 4.79 Å². The lowest BCUT2D eigenvalue weighted by atomic mass is 9.80. The molecule has 1 atom stereocenters. The lowest BCUT2D eigenvalue weighted by Crippen LogP contribution is -2.34. The molecule has 1 heterocycles. The highest BCUT2D eigenvalue weighted by Gasteiger charge is 2.27. The van der Waals surface area contributed by atoms with Gasteiger partial charge < -0.3 is 15.4 Å². The number of amides is 1. The molecule has 1 aromatic carbocycles. The fourth-order valence-electron chi connectivity index (χ4n) is 3.19. The summed E-state index contributed by atoms with van der Waals surface area (Å²) in [5, 5.41) is 0. The van der Waals surface area contributed by atoms with Gasteiger partial charge in [0.1, 0.15) is 5.75 Å². The lowest BCUT2D eigenvalue weighted by Gasteiger charge is -2.27. The summed E-state index contributed by atoms with van der Waals surface area (Å²) in [7, 11) is 0. The summed E-state index contributed by atoms with van der Waals surface area (Å²) in [5.74, 6) is 1.29. The van der Waals surface area contributed by atoms with E-state index in [2.05, 4.69) is 53.7 Å².